The number of aromatic amines is 1. The number of benzene rings is 2. The summed E-state index contributed by atoms with van der Waals surface area (Å²) in [7, 11) is 0. The molecule has 1 aliphatic rings. The van der Waals surface area contributed by atoms with Gasteiger partial charge < -0.3 is 20.1 Å². The lowest BCUT2D eigenvalue weighted by molar-refractivity contribution is 0.194. The van der Waals surface area contributed by atoms with Gasteiger partial charge in [-0.2, -0.15) is 0 Å². The minimum Gasteiger partial charge on any atom is -0.361 e. The normalized spacial score (nSPS) is 14.9. The van der Waals surface area contributed by atoms with Crippen molar-refractivity contribution in [1.82, 2.24) is 20.2 Å². The molecule has 34 heavy (non-hydrogen) atoms. The summed E-state index contributed by atoms with van der Waals surface area (Å²) in [5.74, 6) is 0.819. The van der Waals surface area contributed by atoms with E-state index in [2.05, 4.69) is 26.3 Å². The number of fused-ring (bicyclic) bond motifs is 1. The van der Waals surface area contributed by atoms with E-state index in [4.69, 9.17) is 23.2 Å². The highest BCUT2D eigenvalue weighted by Crippen LogP contribution is 2.35. The summed E-state index contributed by atoms with van der Waals surface area (Å²) in [6, 6.07) is 19.5. The average Bonchev–Trinajstić information content (AvgIpc) is 3.30. The number of carbonyl (C=O) groups excluding carboxylic acids is 1. The third-order valence-electron chi connectivity index (χ3n) is 6.33. The maximum atomic E-state index is 13.1. The maximum absolute atomic E-state index is 13.1. The van der Waals surface area contributed by atoms with Crippen LogP contribution in [0.15, 0.2) is 73.1 Å². The fourth-order valence-electron chi connectivity index (χ4n) is 4.53. The first-order valence-corrected chi connectivity index (χ1v) is 12.1. The number of hydrogen-bond donors (Lipinski definition) is 2. The second kappa shape index (κ2) is 9.95. The Morgan fingerprint density at radius 1 is 1.00 bits per heavy atom. The quantitative estimate of drug-likeness (QED) is 0.383. The van der Waals surface area contributed by atoms with E-state index in [9.17, 15) is 4.79 Å². The number of urea groups is 1. The van der Waals surface area contributed by atoms with Gasteiger partial charge in [0.1, 0.15) is 5.82 Å². The van der Waals surface area contributed by atoms with Crippen LogP contribution in [-0.4, -0.2) is 53.6 Å². The zero-order valence-corrected chi connectivity index (χ0v) is 20.1. The number of hydrogen-bond acceptors (Lipinski definition) is 3. The molecule has 1 saturated heterocycles. The van der Waals surface area contributed by atoms with Crippen LogP contribution >= 0.6 is 23.2 Å². The number of nitrogens with one attached hydrogen (secondary N) is 2. The van der Waals surface area contributed by atoms with Crippen molar-refractivity contribution in [3.63, 3.8) is 0 Å². The van der Waals surface area contributed by atoms with E-state index in [0.717, 1.165) is 40.9 Å². The molecule has 2 amide bonds. The second-order valence-electron chi connectivity index (χ2n) is 8.36. The molecule has 1 atom stereocenters. The number of carbonyl (C=O) groups is 1. The Labute approximate surface area is 208 Å². The Balaban J connectivity index is 1.32. The molecule has 174 valence electrons. The first kappa shape index (κ1) is 22.6. The van der Waals surface area contributed by atoms with Crippen molar-refractivity contribution >= 4 is 46.0 Å². The molecule has 2 aromatic heterocycles. The van der Waals surface area contributed by atoms with Crippen LogP contribution in [-0.2, 0) is 0 Å². The molecule has 8 heteroatoms. The number of rotatable bonds is 5. The van der Waals surface area contributed by atoms with Gasteiger partial charge in [-0.3, -0.25) is 0 Å². The minimum absolute atomic E-state index is 0.0735. The summed E-state index contributed by atoms with van der Waals surface area (Å²) < 4.78 is 0. The number of H-pyrrole nitrogens is 1. The number of aromatic nitrogens is 2. The largest absolute Gasteiger partial charge is 0.361 e. The number of anilines is 1. The molecule has 1 unspecified atom stereocenters. The Morgan fingerprint density at radius 2 is 1.79 bits per heavy atom. The maximum Gasteiger partial charge on any atom is 0.317 e. The molecule has 0 radical (unpaired) electrons. The predicted octanol–water partition coefficient (Wildman–Crippen LogP) is 5.53. The molecular formula is C26H25Cl2N5O. The van der Waals surface area contributed by atoms with Crippen molar-refractivity contribution in [2.24, 2.45) is 0 Å². The lowest BCUT2D eigenvalue weighted by Gasteiger charge is -2.35. The monoisotopic (exact) mass is 493 g/mol. The summed E-state index contributed by atoms with van der Waals surface area (Å²) in [5, 5.41) is 5.42. The third kappa shape index (κ3) is 4.69. The van der Waals surface area contributed by atoms with E-state index in [1.807, 2.05) is 59.6 Å². The van der Waals surface area contributed by atoms with E-state index in [0.29, 0.717) is 29.7 Å². The highest BCUT2D eigenvalue weighted by Gasteiger charge is 2.25. The van der Waals surface area contributed by atoms with E-state index in [1.54, 1.807) is 12.3 Å². The fourth-order valence-corrected chi connectivity index (χ4v) is 5.07. The van der Waals surface area contributed by atoms with Crippen LogP contribution < -0.4 is 10.2 Å². The predicted molar refractivity (Wildman–Crippen MR) is 138 cm³/mol. The van der Waals surface area contributed by atoms with Crippen LogP contribution in [0.4, 0.5) is 10.6 Å². The van der Waals surface area contributed by atoms with Crippen LogP contribution in [0, 0.1) is 0 Å². The third-order valence-corrected chi connectivity index (χ3v) is 6.89. The first-order chi connectivity index (χ1) is 16.6. The zero-order valence-electron chi connectivity index (χ0n) is 18.5. The van der Waals surface area contributed by atoms with Gasteiger partial charge in [0.15, 0.2) is 0 Å². The molecular weight excluding hydrogens is 469 g/mol. The Kier molecular flexibility index (Phi) is 6.61. The van der Waals surface area contributed by atoms with Crippen molar-refractivity contribution in [1.29, 1.82) is 0 Å². The summed E-state index contributed by atoms with van der Waals surface area (Å²) in [4.78, 5) is 24.9. The van der Waals surface area contributed by atoms with Crippen LogP contribution in [0.1, 0.15) is 17.0 Å². The second-order valence-corrected chi connectivity index (χ2v) is 9.20. The Morgan fingerprint density at radius 3 is 2.56 bits per heavy atom. The molecule has 6 nitrogen and oxygen atoms in total. The number of nitrogens with zero attached hydrogens (tertiary/aromatic N) is 3. The summed E-state index contributed by atoms with van der Waals surface area (Å²) >= 11 is 12.8. The molecule has 1 fully saturated rings. The van der Waals surface area contributed by atoms with Crippen molar-refractivity contribution in [2.45, 2.75) is 5.92 Å². The summed E-state index contributed by atoms with van der Waals surface area (Å²) in [5.41, 5.74) is 3.06. The highest BCUT2D eigenvalue weighted by atomic mass is 35.5. The van der Waals surface area contributed by atoms with Crippen molar-refractivity contribution in [3.8, 4) is 0 Å². The van der Waals surface area contributed by atoms with Gasteiger partial charge in [-0.05, 0) is 41.5 Å². The topological polar surface area (TPSA) is 64.3 Å². The van der Waals surface area contributed by atoms with E-state index < -0.39 is 0 Å². The molecule has 1 aliphatic heterocycles. The van der Waals surface area contributed by atoms with Crippen LogP contribution in [0.5, 0.6) is 0 Å². The molecule has 4 aromatic rings. The van der Waals surface area contributed by atoms with Gasteiger partial charge in [0.05, 0.1) is 0 Å². The molecule has 0 saturated carbocycles. The number of pyridine rings is 1. The van der Waals surface area contributed by atoms with Crippen LogP contribution in [0.3, 0.4) is 0 Å². The SMILES string of the molecule is O=C(NCC(c1ccc(Cl)cc1Cl)c1c[nH]c2ccccc12)N1CCN(c2ccccn2)CC1. The van der Waals surface area contributed by atoms with E-state index in [-0.39, 0.29) is 11.9 Å². The number of amides is 2. The van der Waals surface area contributed by atoms with Crippen molar-refractivity contribution in [2.75, 3.05) is 37.6 Å². The van der Waals surface area contributed by atoms with Gasteiger partial charge in [-0.15, -0.1) is 0 Å². The number of halogens is 2. The van der Waals surface area contributed by atoms with E-state index >= 15 is 0 Å². The van der Waals surface area contributed by atoms with Gasteiger partial charge in [-0.1, -0.05) is 53.5 Å². The van der Waals surface area contributed by atoms with Gasteiger partial charge in [0.2, 0.25) is 0 Å². The van der Waals surface area contributed by atoms with Crippen LogP contribution in [0.25, 0.3) is 10.9 Å². The standard InChI is InChI=1S/C26H25Cl2N5O/c27-18-8-9-19(23(28)15-18)21(22-16-30-24-6-2-1-5-20(22)24)17-31-26(34)33-13-11-32(12-14-33)25-7-3-4-10-29-25/h1-10,15-16,21,30H,11-14,17H2,(H,31,34). The minimum atomic E-state index is -0.125. The smallest absolute Gasteiger partial charge is 0.317 e. The fraction of sp³-hybridized carbons (Fsp3) is 0.231. The molecule has 0 aliphatic carbocycles. The lowest BCUT2D eigenvalue weighted by Crippen LogP contribution is -2.52. The van der Waals surface area contributed by atoms with Crippen molar-refractivity contribution < 1.29 is 4.79 Å². The van der Waals surface area contributed by atoms with Gasteiger partial charge in [0, 0.05) is 72.0 Å². The molecule has 3 heterocycles. The Bertz CT molecular complexity index is 1280. The number of para-hydroxylation sites is 1. The average molecular weight is 494 g/mol. The zero-order chi connectivity index (χ0) is 23.5. The van der Waals surface area contributed by atoms with Gasteiger partial charge in [0.25, 0.3) is 0 Å². The number of piperazine rings is 1. The van der Waals surface area contributed by atoms with E-state index in [1.165, 1.54) is 0 Å². The first-order valence-electron chi connectivity index (χ1n) is 11.3. The Hall–Kier alpha value is -3.22. The van der Waals surface area contributed by atoms with Gasteiger partial charge >= 0.3 is 6.03 Å². The molecule has 0 bridgehead atoms. The van der Waals surface area contributed by atoms with Crippen molar-refractivity contribution in [3.05, 3.63) is 94.2 Å². The summed E-state index contributed by atoms with van der Waals surface area (Å²) in [6.07, 6.45) is 3.79. The molecule has 2 aromatic carbocycles. The van der Waals surface area contributed by atoms with Gasteiger partial charge in [-0.25, -0.2) is 9.78 Å². The van der Waals surface area contributed by atoms with Crippen LogP contribution in [0.2, 0.25) is 10.0 Å². The highest BCUT2D eigenvalue weighted by molar-refractivity contribution is 6.35. The molecule has 0 spiro atoms. The summed E-state index contributed by atoms with van der Waals surface area (Å²) in [6.45, 7) is 3.20. The molecule has 2 N–H and O–H groups in total. The lowest BCUT2D eigenvalue weighted by atomic mass is 9.91. The molecule has 5 rings (SSSR count).